The molecular formula is C20H13F3N2O5S. The number of imide groups is 1. The summed E-state index contributed by atoms with van der Waals surface area (Å²) in [5.74, 6) is -0.397. The molecule has 11 heteroatoms. The SMILES string of the molecule is O=C(CN1C(=O)S/C(=C/c2cccc(C(F)(F)F)c2)C1=O)Nc1ccc2c(c1)OCO2. The molecule has 2 aromatic rings. The fourth-order valence-electron chi connectivity index (χ4n) is 2.91. The van der Waals surface area contributed by atoms with Crippen LogP contribution in [-0.4, -0.2) is 35.3 Å². The van der Waals surface area contributed by atoms with Gasteiger partial charge in [0.15, 0.2) is 11.5 Å². The van der Waals surface area contributed by atoms with Crippen molar-refractivity contribution in [3.63, 3.8) is 0 Å². The van der Waals surface area contributed by atoms with Crippen LogP contribution >= 0.6 is 11.8 Å². The first-order valence-corrected chi connectivity index (χ1v) is 9.64. The van der Waals surface area contributed by atoms with Crippen molar-refractivity contribution in [1.29, 1.82) is 0 Å². The number of anilines is 1. The lowest BCUT2D eigenvalue weighted by atomic mass is 10.1. The Bertz CT molecular complexity index is 1120. The molecule has 0 saturated carbocycles. The number of ether oxygens (including phenoxy) is 2. The minimum Gasteiger partial charge on any atom is -0.454 e. The number of halogens is 3. The molecule has 0 aliphatic carbocycles. The first-order chi connectivity index (χ1) is 14.7. The summed E-state index contributed by atoms with van der Waals surface area (Å²) in [6.45, 7) is -0.471. The number of fused-ring (bicyclic) bond motifs is 1. The summed E-state index contributed by atoms with van der Waals surface area (Å²) in [5.41, 5.74) is -0.366. The van der Waals surface area contributed by atoms with Gasteiger partial charge in [-0.05, 0) is 47.7 Å². The average molecular weight is 450 g/mol. The number of alkyl halides is 3. The Labute approximate surface area is 177 Å². The predicted molar refractivity (Wildman–Crippen MR) is 105 cm³/mol. The molecule has 31 heavy (non-hydrogen) atoms. The summed E-state index contributed by atoms with van der Waals surface area (Å²) in [7, 11) is 0. The third kappa shape index (κ3) is 4.50. The van der Waals surface area contributed by atoms with Crippen LogP contribution in [-0.2, 0) is 15.8 Å². The largest absolute Gasteiger partial charge is 0.454 e. The van der Waals surface area contributed by atoms with Gasteiger partial charge in [0.05, 0.1) is 10.5 Å². The molecule has 2 aromatic carbocycles. The van der Waals surface area contributed by atoms with E-state index in [1.165, 1.54) is 18.2 Å². The fourth-order valence-corrected chi connectivity index (χ4v) is 3.75. The second-order valence-corrected chi connectivity index (χ2v) is 7.50. The predicted octanol–water partition coefficient (Wildman–Crippen LogP) is 4.11. The van der Waals surface area contributed by atoms with Crippen LogP contribution in [0.4, 0.5) is 23.7 Å². The molecule has 2 aliphatic rings. The van der Waals surface area contributed by atoms with Crippen LogP contribution in [0.15, 0.2) is 47.4 Å². The normalized spacial score (nSPS) is 16.9. The highest BCUT2D eigenvalue weighted by Gasteiger charge is 2.36. The molecule has 1 fully saturated rings. The van der Waals surface area contributed by atoms with Crippen molar-refractivity contribution in [2.45, 2.75) is 6.18 Å². The number of carbonyl (C=O) groups is 3. The quantitative estimate of drug-likeness (QED) is 0.706. The molecule has 0 unspecified atom stereocenters. The van der Waals surface area contributed by atoms with Crippen molar-refractivity contribution in [1.82, 2.24) is 4.90 Å². The Morgan fingerprint density at radius 1 is 1.13 bits per heavy atom. The molecule has 160 valence electrons. The molecule has 2 aliphatic heterocycles. The summed E-state index contributed by atoms with van der Waals surface area (Å²) in [6, 6.07) is 9.10. The number of hydrogen-bond donors (Lipinski definition) is 1. The minimum atomic E-state index is -4.53. The van der Waals surface area contributed by atoms with Gasteiger partial charge in [0.1, 0.15) is 6.54 Å². The Morgan fingerprint density at radius 3 is 2.68 bits per heavy atom. The molecule has 0 bridgehead atoms. The number of nitrogens with one attached hydrogen (secondary N) is 1. The highest BCUT2D eigenvalue weighted by molar-refractivity contribution is 8.18. The highest BCUT2D eigenvalue weighted by atomic mass is 32.2. The van der Waals surface area contributed by atoms with E-state index in [2.05, 4.69) is 5.32 Å². The molecular weight excluding hydrogens is 437 g/mol. The van der Waals surface area contributed by atoms with E-state index in [1.807, 2.05) is 0 Å². The van der Waals surface area contributed by atoms with E-state index in [4.69, 9.17) is 9.47 Å². The van der Waals surface area contributed by atoms with Gasteiger partial charge in [-0.25, -0.2) is 0 Å². The minimum absolute atomic E-state index is 0.0693. The van der Waals surface area contributed by atoms with Gasteiger partial charge in [-0.15, -0.1) is 0 Å². The fraction of sp³-hybridized carbons (Fsp3) is 0.150. The molecule has 3 amide bonds. The number of rotatable bonds is 4. The van der Waals surface area contributed by atoms with Gasteiger partial charge in [0.2, 0.25) is 12.7 Å². The summed E-state index contributed by atoms with van der Waals surface area (Å²) in [6.07, 6.45) is -3.34. The Balaban J connectivity index is 1.45. The van der Waals surface area contributed by atoms with Gasteiger partial charge in [0.25, 0.3) is 11.1 Å². The van der Waals surface area contributed by atoms with Crippen LogP contribution in [0.2, 0.25) is 0 Å². The van der Waals surface area contributed by atoms with E-state index >= 15 is 0 Å². The second-order valence-electron chi connectivity index (χ2n) is 6.51. The van der Waals surface area contributed by atoms with E-state index in [0.29, 0.717) is 28.9 Å². The van der Waals surface area contributed by atoms with Crippen LogP contribution in [0.25, 0.3) is 6.08 Å². The molecule has 0 spiro atoms. The zero-order valence-electron chi connectivity index (χ0n) is 15.6. The topological polar surface area (TPSA) is 84.9 Å². The Hall–Kier alpha value is -3.47. The first kappa shape index (κ1) is 20.8. The van der Waals surface area contributed by atoms with Gasteiger partial charge >= 0.3 is 6.18 Å². The third-order valence-electron chi connectivity index (χ3n) is 4.34. The van der Waals surface area contributed by atoms with E-state index in [1.54, 1.807) is 18.2 Å². The van der Waals surface area contributed by atoms with Crippen molar-refractivity contribution in [3.05, 3.63) is 58.5 Å². The van der Waals surface area contributed by atoms with Crippen LogP contribution in [0.1, 0.15) is 11.1 Å². The van der Waals surface area contributed by atoms with Crippen molar-refractivity contribution in [2.24, 2.45) is 0 Å². The van der Waals surface area contributed by atoms with Gasteiger partial charge in [-0.2, -0.15) is 13.2 Å². The van der Waals surface area contributed by atoms with Crippen molar-refractivity contribution < 1.29 is 37.0 Å². The maximum absolute atomic E-state index is 12.9. The standard InChI is InChI=1S/C20H13F3N2O5S/c21-20(22,23)12-3-1-2-11(6-12)7-16-18(27)25(19(28)31-16)9-17(26)24-13-4-5-14-15(8-13)30-10-29-14/h1-8H,9-10H2,(H,24,26)/b16-7+. The molecule has 0 aromatic heterocycles. The zero-order valence-corrected chi connectivity index (χ0v) is 16.4. The molecule has 4 rings (SSSR count). The zero-order chi connectivity index (χ0) is 22.2. The number of carbonyl (C=O) groups excluding carboxylic acids is 3. The lowest BCUT2D eigenvalue weighted by Gasteiger charge is -2.12. The summed E-state index contributed by atoms with van der Waals surface area (Å²) in [4.78, 5) is 37.7. The molecule has 1 saturated heterocycles. The van der Waals surface area contributed by atoms with Gasteiger partial charge in [-0.1, -0.05) is 12.1 Å². The monoisotopic (exact) mass is 450 g/mol. The Kier molecular flexibility index (Phi) is 5.36. The summed E-state index contributed by atoms with van der Waals surface area (Å²) >= 11 is 0.555. The van der Waals surface area contributed by atoms with Crippen LogP contribution in [0, 0.1) is 0 Å². The maximum atomic E-state index is 12.9. The molecule has 1 N–H and O–H groups in total. The van der Waals surface area contributed by atoms with Gasteiger partial charge < -0.3 is 14.8 Å². The molecule has 0 radical (unpaired) electrons. The van der Waals surface area contributed by atoms with Crippen molar-refractivity contribution in [3.8, 4) is 11.5 Å². The number of nitrogens with zero attached hydrogens (tertiary/aromatic N) is 1. The molecule has 7 nitrogen and oxygen atoms in total. The van der Waals surface area contributed by atoms with Crippen LogP contribution in [0.3, 0.4) is 0 Å². The number of benzene rings is 2. The van der Waals surface area contributed by atoms with E-state index in [-0.39, 0.29) is 17.3 Å². The third-order valence-corrected chi connectivity index (χ3v) is 5.25. The molecule has 0 atom stereocenters. The van der Waals surface area contributed by atoms with Crippen molar-refractivity contribution >= 4 is 40.6 Å². The van der Waals surface area contributed by atoms with Crippen molar-refractivity contribution in [2.75, 3.05) is 18.7 Å². The maximum Gasteiger partial charge on any atom is 0.416 e. The lowest BCUT2D eigenvalue weighted by Crippen LogP contribution is -2.36. The summed E-state index contributed by atoms with van der Waals surface area (Å²) < 4.78 is 49.0. The van der Waals surface area contributed by atoms with Gasteiger partial charge in [-0.3, -0.25) is 19.3 Å². The smallest absolute Gasteiger partial charge is 0.416 e. The second kappa shape index (κ2) is 7.99. The van der Waals surface area contributed by atoms with Crippen LogP contribution in [0.5, 0.6) is 11.5 Å². The highest BCUT2D eigenvalue weighted by Crippen LogP contribution is 2.35. The number of thioether (sulfide) groups is 1. The lowest BCUT2D eigenvalue weighted by molar-refractivity contribution is -0.137. The van der Waals surface area contributed by atoms with E-state index in [0.717, 1.165) is 17.0 Å². The van der Waals surface area contributed by atoms with E-state index in [9.17, 15) is 27.6 Å². The van der Waals surface area contributed by atoms with Gasteiger partial charge in [0, 0.05) is 11.8 Å². The number of amides is 3. The van der Waals surface area contributed by atoms with Crippen LogP contribution < -0.4 is 14.8 Å². The average Bonchev–Trinajstić information content (AvgIpc) is 3.27. The number of hydrogen-bond acceptors (Lipinski definition) is 6. The Morgan fingerprint density at radius 2 is 1.90 bits per heavy atom. The first-order valence-electron chi connectivity index (χ1n) is 8.83. The van der Waals surface area contributed by atoms with E-state index < -0.39 is 35.3 Å². The summed E-state index contributed by atoms with van der Waals surface area (Å²) in [5, 5.41) is 1.86. The molecule has 2 heterocycles.